The molecule has 34 heavy (non-hydrogen) atoms. The van der Waals surface area contributed by atoms with E-state index in [4.69, 9.17) is 4.52 Å². The van der Waals surface area contributed by atoms with Crippen molar-refractivity contribution in [3.63, 3.8) is 0 Å². The summed E-state index contributed by atoms with van der Waals surface area (Å²) in [5.74, 6) is 1.07. The zero-order valence-electron chi connectivity index (χ0n) is 18.8. The van der Waals surface area contributed by atoms with Crippen LogP contribution in [0.4, 0.5) is 11.4 Å². The Morgan fingerprint density at radius 1 is 1.00 bits per heavy atom. The lowest BCUT2D eigenvalue weighted by molar-refractivity contribution is -0.384. The molecule has 0 atom stereocenters. The first-order valence-electron chi connectivity index (χ1n) is 11.5. The van der Waals surface area contributed by atoms with Crippen molar-refractivity contribution in [1.82, 2.24) is 19.9 Å². The predicted molar refractivity (Wildman–Crippen MR) is 125 cm³/mol. The number of aryl methyl sites for hydroxylation is 1. The summed E-state index contributed by atoms with van der Waals surface area (Å²) in [4.78, 5) is 34.2. The van der Waals surface area contributed by atoms with E-state index in [0.29, 0.717) is 30.4 Å². The molecule has 0 saturated carbocycles. The molecule has 0 N–H and O–H groups in total. The van der Waals surface area contributed by atoms with E-state index in [1.165, 1.54) is 17.7 Å². The molecule has 2 aliphatic heterocycles. The number of benzene rings is 2. The Hall–Kier alpha value is -3.63. The van der Waals surface area contributed by atoms with Crippen LogP contribution in [0.3, 0.4) is 0 Å². The molecule has 0 spiro atoms. The number of fused-ring (bicyclic) bond motifs is 1. The van der Waals surface area contributed by atoms with Crippen LogP contribution < -0.4 is 4.90 Å². The maximum Gasteiger partial charge on any atom is 0.269 e. The third-order valence-electron chi connectivity index (χ3n) is 6.40. The van der Waals surface area contributed by atoms with Gasteiger partial charge >= 0.3 is 0 Å². The van der Waals surface area contributed by atoms with Gasteiger partial charge in [0.2, 0.25) is 17.6 Å². The number of aromatic nitrogens is 2. The molecule has 1 fully saturated rings. The van der Waals surface area contributed by atoms with Gasteiger partial charge in [-0.3, -0.25) is 24.7 Å². The first-order chi connectivity index (χ1) is 16.6. The summed E-state index contributed by atoms with van der Waals surface area (Å²) in [5.41, 5.74) is 2.99. The highest BCUT2D eigenvalue weighted by Gasteiger charge is 2.26. The second-order valence-corrected chi connectivity index (χ2v) is 8.65. The van der Waals surface area contributed by atoms with Crippen LogP contribution >= 0.6 is 0 Å². The first-order valence-corrected chi connectivity index (χ1v) is 11.5. The van der Waals surface area contributed by atoms with Crippen LogP contribution in [0.15, 0.2) is 53.1 Å². The Morgan fingerprint density at radius 2 is 1.74 bits per heavy atom. The molecular weight excluding hydrogens is 436 g/mol. The third-order valence-corrected chi connectivity index (χ3v) is 6.40. The summed E-state index contributed by atoms with van der Waals surface area (Å²) in [5, 5.41) is 14.8. The van der Waals surface area contributed by atoms with E-state index < -0.39 is 4.92 Å². The summed E-state index contributed by atoms with van der Waals surface area (Å²) in [6.07, 6.45) is 2.03. The van der Waals surface area contributed by atoms with Gasteiger partial charge in [-0.25, -0.2) is 0 Å². The number of nitro benzene ring substituents is 1. The van der Waals surface area contributed by atoms with Gasteiger partial charge in [-0.1, -0.05) is 23.4 Å². The van der Waals surface area contributed by atoms with Crippen molar-refractivity contribution in [2.45, 2.75) is 19.4 Å². The number of carbonyl (C=O) groups is 1. The molecule has 2 aromatic carbocycles. The standard InChI is InChI=1S/C24H26N6O4/c31-23(29-11-3-5-18-4-1-2-6-21(18)29)17-28-14-12-27(13-15-28)16-22-25-24(26-34-22)19-7-9-20(10-8-19)30(32)33/h1-2,4,6-10H,3,5,11-17H2. The van der Waals surface area contributed by atoms with E-state index in [1.807, 2.05) is 23.1 Å². The number of nitro groups is 1. The van der Waals surface area contributed by atoms with Crippen LogP contribution in [0.25, 0.3) is 11.4 Å². The van der Waals surface area contributed by atoms with Crippen molar-refractivity contribution in [2.24, 2.45) is 0 Å². The number of hydrogen-bond donors (Lipinski definition) is 0. The van der Waals surface area contributed by atoms with E-state index in [-0.39, 0.29) is 11.6 Å². The van der Waals surface area contributed by atoms with E-state index in [0.717, 1.165) is 51.3 Å². The van der Waals surface area contributed by atoms with Crippen molar-refractivity contribution in [2.75, 3.05) is 44.2 Å². The molecule has 0 radical (unpaired) electrons. The van der Waals surface area contributed by atoms with Gasteiger partial charge in [0.25, 0.3) is 5.69 Å². The summed E-state index contributed by atoms with van der Waals surface area (Å²) in [7, 11) is 0. The topological polar surface area (TPSA) is 109 Å². The third kappa shape index (κ3) is 4.82. The average molecular weight is 463 g/mol. The molecule has 5 rings (SSSR count). The number of anilines is 1. The normalized spacial score (nSPS) is 16.9. The van der Waals surface area contributed by atoms with Gasteiger partial charge in [-0.05, 0) is 36.6 Å². The SMILES string of the molecule is O=C(CN1CCN(Cc2nc(-c3ccc([N+](=O)[O-])cc3)no2)CC1)N1CCCc2ccccc21. The summed E-state index contributed by atoms with van der Waals surface area (Å²) < 4.78 is 5.39. The zero-order valence-corrected chi connectivity index (χ0v) is 18.8. The first kappa shape index (κ1) is 22.2. The van der Waals surface area contributed by atoms with Gasteiger partial charge < -0.3 is 9.42 Å². The Labute approximate surface area is 196 Å². The Bertz CT molecular complexity index is 1170. The molecule has 1 amide bonds. The van der Waals surface area contributed by atoms with Gasteiger partial charge in [0.1, 0.15) is 0 Å². The zero-order chi connectivity index (χ0) is 23.5. The van der Waals surface area contributed by atoms with E-state index in [1.54, 1.807) is 12.1 Å². The number of carbonyl (C=O) groups excluding carboxylic acids is 1. The number of rotatable bonds is 6. The number of hydrogen-bond acceptors (Lipinski definition) is 8. The van der Waals surface area contributed by atoms with Gasteiger partial charge in [0, 0.05) is 56.1 Å². The molecule has 10 heteroatoms. The van der Waals surface area contributed by atoms with Crippen LogP contribution in [0.1, 0.15) is 17.9 Å². The Morgan fingerprint density at radius 3 is 2.50 bits per heavy atom. The minimum atomic E-state index is -0.440. The number of nitrogens with zero attached hydrogens (tertiary/aromatic N) is 6. The molecular formula is C24H26N6O4. The fourth-order valence-electron chi connectivity index (χ4n) is 4.53. The van der Waals surface area contributed by atoms with Crippen molar-refractivity contribution in [3.8, 4) is 11.4 Å². The quantitative estimate of drug-likeness (QED) is 0.406. The maximum atomic E-state index is 13.0. The van der Waals surface area contributed by atoms with Gasteiger partial charge in [-0.2, -0.15) is 4.98 Å². The highest BCUT2D eigenvalue weighted by Crippen LogP contribution is 2.27. The molecule has 176 valence electrons. The van der Waals surface area contributed by atoms with Crippen LogP contribution in [-0.4, -0.2) is 70.0 Å². The van der Waals surface area contributed by atoms with Gasteiger partial charge in [0.15, 0.2) is 0 Å². The molecule has 2 aliphatic rings. The summed E-state index contributed by atoms with van der Waals surface area (Å²) >= 11 is 0. The van der Waals surface area contributed by atoms with Crippen LogP contribution in [0.5, 0.6) is 0 Å². The van der Waals surface area contributed by atoms with Crippen molar-refractivity contribution in [1.29, 1.82) is 0 Å². The molecule has 0 unspecified atom stereocenters. The summed E-state index contributed by atoms with van der Waals surface area (Å²) in [6.45, 7) is 4.94. The molecule has 0 bridgehead atoms. The minimum absolute atomic E-state index is 0.0216. The van der Waals surface area contributed by atoms with Crippen LogP contribution in [-0.2, 0) is 17.8 Å². The molecule has 10 nitrogen and oxygen atoms in total. The van der Waals surface area contributed by atoms with Gasteiger partial charge in [0.05, 0.1) is 18.0 Å². The van der Waals surface area contributed by atoms with E-state index >= 15 is 0 Å². The van der Waals surface area contributed by atoms with Crippen molar-refractivity contribution in [3.05, 3.63) is 70.1 Å². The highest BCUT2D eigenvalue weighted by molar-refractivity contribution is 5.96. The molecule has 0 aliphatic carbocycles. The van der Waals surface area contributed by atoms with E-state index in [2.05, 4.69) is 26.0 Å². The van der Waals surface area contributed by atoms with Crippen molar-refractivity contribution < 1.29 is 14.2 Å². The highest BCUT2D eigenvalue weighted by atomic mass is 16.6. The predicted octanol–water partition coefficient (Wildman–Crippen LogP) is 2.74. The fourth-order valence-corrected chi connectivity index (χ4v) is 4.53. The number of non-ortho nitro benzene ring substituents is 1. The lowest BCUT2D eigenvalue weighted by Gasteiger charge is -2.36. The van der Waals surface area contributed by atoms with Crippen molar-refractivity contribution >= 4 is 17.3 Å². The number of para-hydroxylation sites is 1. The Kier molecular flexibility index (Phi) is 6.33. The van der Waals surface area contributed by atoms with Gasteiger partial charge in [-0.15, -0.1) is 0 Å². The average Bonchev–Trinajstić information content (AvgIpc) is 3.33. The van der Waals surface area contributed by atoms with E-state index in [9.17, 15) is 14.9 Å². The second-order valence-electron chi connectivity index (χ2n) is 8.65. The number of amides is 1. The molecule has 3 heterocycles. The largest absolute Gasteiger partial charge is 0.338 e. The maximum absolute atomic E-state index is 13.0. The lowest BCUT2D eigenvalue weighted by atomic mass is 10.0. The molecule has 3 aromatic rings. The molecule has 1 saturated heterocycles. The second kappa shape index (κ2) is 9.70. The fraction of sp³-hybridized carbons (Fsp3) is 0.375. The number of piperazine rings is 1. The minimum Gasteiger partial charge on any atom is -0.338 e. The lowest BCUT2D eigenvalue weighted by Crippen LogP contribution is -2.50. The molecule has 1 aromatic heterocycles. The monoisotopic (exact) mass is 462 g/mol. The Balaban J connectivity index is 1.12. The van der Waals surface area contributed by atoms with Crippen LogP contribution in [0.2, 0.25) is 0 Å². The summed E-state index contributed by atoms with van der Waals surface area (Å²) in [6, 6.07) is 14.3. The smallest absolute Gasteiger partial charge is 0.269 e. The van der Waals surface area contributed by atoms with Crippen LogP contribution in [0, 0.1) is 10.1 Å².